The molecular weight excluding hydrogens is 355 g/mol. The molecule has 144 valence electrons. The molecule has 0 spiro atoms. The first-order valence-electron chi connectivity index (χ1n) is 9.51. The van der Waals surface area contributed by atoms with Crippen molar-refractivity contribution in [3.63, 3.8) is 0 Å². The molecule has 0 bridgehead atoms. The smallest absolute Gasteiger partial charge is 0.219 e. The van der Waals surface area contributed by atoms with Gasteiger partial charge in [-0.15, -0.1) is 0 Å². The van der Waals surface area contributed by atoms with Crippen LogP contribution in [0.4, 0.5) is 4.39 Å². The van der Waals surface area contributed by atoms with E-state index in [1.165, 1.54) is 12.1 Å². The number of benzene rings is 1. The topological polar surface area (TPSA) is 51.0 Å². The first kappa shape index (κ1) is 18.3. The average molecular weight is 378 g/mol. The number of amides is 1. The number of halogens is 1. The molecule has 1 aliphatic heterocycles. The van der Waals surface area contributed by atoms with Gasteiger partial charge < -0.3 is 4.90 Å². The highest BCUT2D eigenvalue weighted by Gasteiger charge is 2.27. The van der Waals surface area contributed by atoms with E-state index >= 15 is 0 Å². The third kappa shape index (κ3) is 3.30. The first-order valence-corrected chi connectivity index (χ1v) is 9.51. The molecule has 3 heterocycles. The van der Waals surface area contributed by atoms with Crippen LogP contribution in [0.2, 0.25) is 0 Å². The molecule has 0 unspecified atom stereocenters. The quantitative estimate of drug-likeness (QED) is 0.685. The van der Waals surface area contributed by atoms with E-state index in [1.807, 2.05) is 21.8 Å². The van der Waals surface area contributed by atoms with Gasteiger partial charge in [0.2, 0.25) is 5.91 Å². The number of nitrogens with zero attached hydrogens (tertiary/aromatic N) is 4. The fraction of sp³-hybridized carbons (Fsp3) is 0.318. The van der Waals surface area contributed by atoms with Gasteiger partial charge >= 0.3 is 0 Å². The fourth-order valence-corrected chi connectivity index (χ4v) is 3.62. The van der Waals surface area contributed by atoms with Crippen LogP contribution >= 0.6 is 0 Å². The molecule has 0 radical (unpaired) electrons. The number of rotatable bonds is 3. The zero-order valence-corrected chi connectivity index (χ0v) is 16.3. The van der Waals surface area contributed by atoms with Crippen LogP contribution in [0.3, 0.4) is 0 Å². The van der Waals surface area contributed by atoms with Crippen molar-refractivity contribution < 1.29 is 9.18 Å². The predicted octanol–water partition coefficient (Wildman–Crippen LogP) is 4.24. The van der Waals surface area contributed by atoms with Crippen LogP contribution in [0, 0.1) is 5.82 Å². The van der Waals surface area contributed by atoms with E-state index in [-0.39, 0.29) is 11.7 Å². The normalized spacial score (nSPS) is 13.7. The number of aromatic nitrogens is 3. The van der Waals surface area contributed by atoms with Crippen LogP contribution < -0.4 is 0 Å². The third-order valence-corrected chi connectivity index (χ3v) is 5.20. The van der Waals surface area contributed by atoms with E-state index in [9.17, 15) is 9.18 Å². The van der Waals surface area contributed by atoms with Gasteiger partial charge in [0.1, 0.15) is 11.5 Å². The molecule has 0 aliphatic carbocycles. The maximum atomic E-state index is 13.5. The van der Waals surface area contributed by atoms with Gasteiger partial charge in [-0.3, -0.25) is 14.5 Å². The Balaban J connectivity index is 1.91. The van der Waals surface area contributed by atoms with Crippen LogP contribution in [0.5, 0.6) is 0 Å². The van der Waals surface area contributed by atoms with E-state index in [1.54, 1.807) is 19.1 Å². The van der Waals surface area contributed by atoms with Crippen molar-refractivity contribution in [2.24, 2.45) is 0 Å². The second-order valence-electron chi connectivity index (χ2n) is 7.46. The Bertz CT molecular complexity index is 1020. The Hall–Kier alpha value is -3.02. The highest BCUT2D eigenvalue weighted by atomic mass is 19.1. The summed E-state index contributed by atoms with van der Waals surface area (Å²) in [5.74, 6) is 0.0803. The minimum absolute atomic E-state index is 0.0549. The third-order valence-electron chi connectivity index (χ3n) is 5.20. The Kier molecular flexibility index (Phi) is 4.71. The van der Waals surface area contributed by atoms with Crippen molar-refractivity contribution in [2.45, 2.75) is 39.8 Å². The summed E-state index contributed by atoms with van der Waals surface area (Å²) in [5, 5.41) is 4.83. The second kappa shape index (κ2) is 7.19. The van der Waals surface area contributed by atoms with Gasteiger partial charge in [0.05, 0.1) is 18.8 Å². The molecule has 0 saturated heterocycles. The van der Waals surface area contributed by atoms with Crippen LogP contribution in [0.25, 0.3) is 22.4 Å². The summed E-state index contributed by atoms with van der Waals surface area (Å²) in [4.78, 5) is 18.3. The molecule has 1 aliphatic rings. The number of fused-ring (bicyclic) bond motifs is 1. The van der Waals surface area contributed by atoms with Crippen LogP contribution in [-0.4, -0.2) is 32.1 Å². The highest BCUT2D eigenvalue weighted by Crippen LogP contribution is 2.37. The molecule has 1 aromatic carbocycles. The van der Waals surface area contributed by atoms with Crippen molar-refractivity contribution in [1.82, 2.24) is 19.7 Å². The zero-order chi connectivity index (χ0) is 19.8. The van der Waals surface area contributed by atoms with Gasteiger partial charge in [-0.25, -0.2) is 4.39 Å². The predicted molar refractivity (Wildman–Crippen MR) is 106 cm³/mol. The molecule has 0 atom stereocenters. The van der Waals surface area contributed by atoms with Crippen LogP contribution in [-0.2, 0) is 17.9 Å². The summed E-state index contributed by atoms with van der Waals surface area (Å²) in [7, 11) is 0. The van der Waals surface area contributed by atoms with Crippen molar-refractivity contribution in [1.29, 1.82) is 0 Å². The Morgan fingerprint density at radius 1 is 1.11 bits per heavy atom. The van der Waals surface area contributed by atoms with Gasteiger partial charge in [-0.2, -0.15) is 5.10 Å². The van der Waals surface area contributed by atoms with Gasteiger partial charge in [-0.05, 0) is 47.9 Å². The maximum absolute atomic E-state index is 13.5. The minimum Gasteiger partial charge on any atom is -0.335 e. The second-order valence-corrected chi connectivity index (χ2v) is 7.46. The Morgan fingerprint density at radius 2 is 1.86 bits per heavy atom. The van der Waals surface area contributed by atoms with Crippen molar-refractivity contribution >= 4 is 5.91 Å². The summed E-state index contributed by atoms with van der Waals surface area (Å²) in [6, 6.07) is 10.5. The van der Waals surface area contributed by atoms with Crippen molar-refractivity contribution in [3.05, 3.63) is 59.8 Å². The standard InChI is InChI=1S/C22H23FN4O/c1-14(2)19-12-17(8-9-24-19)21-20-13-26(15(3)28)10-11-27(20)25-22(21)16-4-6-18(23)7-5-16/h4-9,12,14H,10-11,13H2,1-3H3. The van der Waals surface area contributed by atoms with Crippen molar-refractivity contribution in [2.75, 3.05) is 6.54 Å². The molecule has 4 rings (SSSR count). The molecule has 3 aromatic rings. The van der Waals surface area contributed by atoms with E-state index in [4.69, 9.17) is 5.10 Å². The number of hydrogen-bond acceptors (Lipinski definition) is 3. The number of carbonyl (C=O) groups excluding carboxylic acids is 1. The van der Waals surface area contributed by atoms with Crippen molar-refractivity contribution in [3.8, 4) is 22.4 Å². The fourth-order valence-electron chi connectivity index (χ4n) is 3.62. The molecule has 28 heavy (non-hydrogen) atoms. The molecule has 6 heteroatoms. The van der Waals surface area contributed by atoms with E-state index in [2.05, 4.69) is 24.9 Å². The molecule has 0 saturated carbocycles. The van der Waals surface area contributed by atoms with E-state index < -0.39 is 0 Å². The van der Waals surface area contributed by atoms with Crippen LogP contribution in [0.1, 0.15) is 38.1 Å². The largest absolute Gasteiger partial charge is 0.335 e. The molecule has 2 aromatic heterocycles. The first-order chi connectivity index (χ1) is 13.4. The lowest BCUT2D eigenvalue weighted by Gasteiger charge is -2.27. The minimum atomic E-state index is -0.275. The number of pyridine rings is 1. The Morgan fingerprint density at radius 3 is 2.54 bits per heavy atom. The number of carbonyl (C=O) groups is 1. The average Bonchev–Trinajstić information content (AvgIpc) is 3.07. The summed E-state index contributed by atoms with van der Waals surface area (Å²) in [6.07, 6.45) is 1.81. The monoisotopic (exact) mass is 378 g/mol. The maximum Gasteiger partial charge on any atom is 0.219 e. The van der Waals surface area contributed by atoms with Gasteiger partial charge in [0.25, 0.3) is 0 Å². The van der Waals surface area contributed by atoms with Gasteiger partial charge in [-0.1, -0.05) is 13.8 Å². The highest BCUT2D eigenvalue weighted by molar-refractivity contribution is 5.83. The summed E-state index contributed by atoms with van der Waals surface area (Å²) < 4.78 is 15.4. The van der Waals surface area contributed by atoms with Crippen LogP contribution in [0.15, 0.2) is 42.6 Å². The summed E-state index contributed by atoms with van der Waals surface area (Å²) in [5.41, 5.74) is 5.67. The lowest BCUT2D eigenvalue weighted by molar-refractivity contribution is -0.130. The van der Waals surface area contributed by atoms with E-state index in [0.717, 1.165) is 33.8 Å². The number of hydrogen-bond donors (Lipinski definition) is 0. The lowest BCUT2D eigenvalue weighted by atomic mass is 9.96. The van der Waals surface area contributed by atoms with Gasteiger partial charge in [0.15, 0.2) is 0 Å². The molecular formula is C22H23FN4O. The molecule has 1 amide bonds. The lowest BCUT2D eigenvalue weighted by Crippen LogP contribution is -2.37. The molecule has 5 nitrogen and oxygen atoms in total. The van der Waals surface area contributed by atoms with E-state index in [0.29, 0.717) is 25.6 Å². The summed E-state index contributed by atoms with van der Waals surface area (Å²) in [6.45, 7) is 7.61. The molecule has 0 N–H and O–H groups in total. The molecule has 0 fully saturated rings. The summed E-state index contributed by atoms with van der Waals surface area (Å²) >= 11 is 0. The zero-order valence-electron chi connectivity index (χ0n) is 16.3. The van der Waals surface area contributed by atoms with Gasteiger partial charge in [0, 0.05) is 36.5 Å². The Labute approximate surface area is 163 Å². The SMILES string of the molecule is CC(=O)N1CCn2nc(-c3ccc(F)cc3)c(-c3ccnc(C(C)C)c3)c2C1.